The van der Waals surface area contributed by atoms with Gasteiger partial charge in [0.25, 0.3) is 11.6 Å². The molecule has 2 aromatic carbocycles. The zero-order valence-corrected chi connectivity index (χ0v) is 12.5. The van der Waals surface area contributed by atoms with Crippen LogP contribution in [0.15, 0.2) is 42.5 Å². The van der Waals surface area contributed by atoms with Gasteiger partial charge in [0.1, 0.15) is 5.75 Å². The van der Waals surface area contributed by atoms with Gasteiger partial charge < -0.3 is 10.1 Å². The van der Waals surface area contributed by atoms with Crippen molar-refractivity contribution in [3.8, 4) is 5.75 Å². The van der Waals surface area contributed by atoms with Crippen molar-refractivity contribution in [3.05, 3.63) is 63.7 Å². The number of anilines is 1. The number of hydrogen-bond acceptors (Lipinski definition) is 5. The van der Waals surface area contributed by atoms with Crippen LogP contribution in [0.2, 0.25) is 0 Å². The van der Waals surface area contributed by atoms with Gasteiger partial charge in [-0.1, -0.05) is 12.1 Å². The molecule has 7 nitrogen and oxygen atoms in total. The Morgan fingerprint density at radius 1 is 1.17 bits per heavy atom. The smallest absolute Gasteiger partial charge is 0.308 e. The second-order valence-corrected chi connectivity index (χ2v) is 4.78. The highest BCUT2D eigenvalue weighted by molar-refractivity contribution is 6.05. The van der Waals surface area contributed by atoms with E-state index in [-0.39, 0.29) is 16.8 Å². The predicted molar refractivity (Wildman–Crippen MR) is 83.5 cm³/mol. The fourth-order valence-corrected chi connectivity index (χ4v) is 2.07. The zero-order valence-electron chi connectivity index (χ0n) is 12.5. The number of nitro groups is 1. The molecule has 23 heavy (non-hydrogen) atoms. The molecule has 0 aromatic heterocycles. The minimum Gasteiger partial charge on any atom is -0.427 e. The summed E-state index contributed by atoms with van der Waals surface area (Å²) in [6.45, 7) is 2.79. The third-order valence-electron chi connectivity index (χ3n) is 3.10. The number of nitrogens with one attached hydrogen (secondary N) is 1. The molecule has 0 saturated heterocycles. The lowest BCUT2D eigenvalue weighted by Crippen LogP contribution is -2.14. The van der Waals surface area contributed by atoms with E-state index in [0.717, 1.165) is 0 Å². The van der Waals surface area contributed by atoms with Crippen molar-refractivity contribution in [2.45, 2.75) is 13.8 Å². The van der Waals surface area contributed by atoms with Gasteiger partial charge in [-0.3, -0.25) is 19.7 Å². The summed E-state index contributed by atoms with van der Waals surface area (Å²) in [6, 6.07) is 10.6. The van der Waals surface area contributed by atoms with Crippen LogP contribution >= 0.6 is 0 Å². The van der Waals surface area contributed by atoms with Crippen molar-refractivity contribution in [2.24, 2.45) is 0 Å². The van der Waals surface area contributed by atoms with Crippen molar-refractivity contribution in [1.29, 1.82) is 0 Å². The highest BCUT2D eigenvalue weighted by Crippen LogP contribution is 2.23. The lowest BCUT2D eigenvalue weighted by Gasteiger charge is -2.09. The molecular weight excluding hydrogens is 300 g/mol. The van der Waals surface area contributed by atoms with E-state index >= 15 is 0 Å². The molecule has 0 bridgehead atoms. The third-order valence-corrected chi connectivity index (χ3v) is 3.10. The highest BCUT2D eigenvalue weighted by atomic mass is 16.6. The van der Waals surface area contributed by atoms with Gasteiger partial charge >= 0.3 is 5.97 Å². The molecule has 0 heterocycles. The van der Waals surface area contributed by atoms with Gasteiger partial charge in [-0.05, 0) is 25.1 Å². The summed E-state index contributed by atoms with van der Waals surface area (Å²) in [6.07, 6.45) is 0. The van der Waals surface area contributed by atoms with E-state index in [4.69, 9.17) is 4.74 Å². The standard InChI is InChI=1S/C16H14N2O5/c1-10-14(7-4-8-15(10)18(21)22)16(20)17-12-5-3-6-13(9-12)23-11(2)19/h3-9H,1-2H3,(H,17,20). The first-order valence-corrected chi connectivity index (χ1v) is 6.72. The number of ether oxygens (including phenoxy) is 1. The van der Waals surface area contributed by atoms with Crippen LogP contribution in [0.5, 0.6) is 5.75 Å². The molecule has 0 aliphatic heterocycles. The van der Waals surface area contributed by atoms with Crippen molar-refractivity contribution in [2.75, 3.05) is 5.32 Å². The summed E-state index contributed by atoms with van der Waals surface area (Å²) in [4.78, 5) is 33.6. The molecule has 0 spiro atoms. The molecule has 0 unspecified atom stereocenters. The Kier molecular flexibility index (Phi) is 4.70. The molecule has 7 heteroatoms. The van der Waals surface area contributed by atoms with Crippen LogP contribution in [-0.2, 0) is 4.79 Å². The maximum Gasteiger partial charge on any atom is 0.308 e. The minimum absolute atomic E-state index is 0.119. The lowest BCUT2D eigenvalue weighted by molar-refractivity contribution is -0.385. The van der Waals surface area contributed by atoms with Crippen LogP contribution in [0.3, 0.4) is 0 Å². The fourth-order valence-electron chi connectivity index (χ4n) is 2.07. The molecule has 2 rings (SSSR count). The molecule has 1 amide bonds. The van der Waals surface area contributed by atoms with Crippen LogP contribution in [-0.4, -0.2) is 16.8 Å². The van der Waals surface area contributed by atoms with Crippen molar-refractivity contribution >= 4 is 23.3 Å². The Balaban J connectivity index is 2.24. The van der Waals surface area contributed by atoms with Crippen LogP contribution in [0.4, 0.5) is 11.4 Å². The summed E-state index contributed by atoms with van der Waals surface area (Å²) in [5, 5.41) is 13.6. The minimum atomic E-state index is -0.534. The zero-order chi connectivity index (χ0) is 17.0. The maximum absolute atomic E-state index is 12.3. The average Bonchev–Trinajstić information content (AvgIpc) is 2.46. The van der Waals surface area contributed by atoms with E-state index in [9.17, 15) is 19.7 Å². The van der Waals surface area contributed by atoms with Gasteiger partial charge in [0, 0.05) is 35.9 Å². The lowest BCUT2D eigenvalue weighted by atomic mass is 10.1. The molecule has 2 aromatic rings. The van der Waals surface area contributed by atoms with Crippen molar-refractivity contribution in [1.82, 2.24) is 0 Å². The SMILES string of the molecule is CC(=O)Oc1cccc(NC(=O)c2cccc([N+](=O)[O-])c2C)c1. The van der Waals surface area contributed by atoms with Gasteiger partial charge in [-0.15, -0.1) is 0 Å². The summed E-state index contributed by atoms with van der Waals surface area (Å²) in [5.41, 5.74) is 0.786. The molecule has 118 valence electrons. The monoisotopic (exact) mass is 314 g/mol. The van der Waals surface area contributed by atoms with Crippen molar-refractivity contribution < 1.29 is 19.2 Å². The second-order valence-electron chi connectivity index (χ2n) is 4.78. The molecule has 0 fully saturated rings. The first-order chi connectivity index (χ1) is 10.9. The molecule has 1 N–H and O–H groups in total. The predicted octanol–water partition coefficient (Wildman–Crippen LogP) is 3.08. The number of esters is 1. The van der Waals surface area contributed by atoms with E-state index in [0.29, 0.717) is 11.4 Å². The third kappa shape index (κ3) is 3.91. The molecule has 0 saturated carbocycles. The summed E-state index contributed by atoms with van der Waals surface area (Å²) in [5.74, 6) is -0.653. The summed E-state index contributed by atoms with van der Waals surface area (Å²) in [7, 11) is 0. The Labute approximate surface area is 132 Å². The number of amides is 1. The Hall–Kier alpha value is -3.22. The van der Waals surface area contributed by atoms with Crippen LogP contribution < -0.4 is 10.1 Å². The number of rotatable bonds is 4. The van der Waals surface area contributed by atoms with Crippen LogP contribution in [0.25, 0.3) is 0 Å². The van der Waals surface area contributed by atoms with Gasteiger partial charge in [-0.2, -0.15) is 0 Å². The van der Waals surface area contributed by atoms with Gasteiger partial charge in [-0.25, -0.2) is 0 Å². The first-order valence-electron chi connectivity index (χ1n) is 6.72. The average molecular weight is 314 g/mol. The Bertz CT molecular complexity index is 786. The first kappa shape index (κ1) is 16.2. The van der Waals surface area contributed by atoms with E-state index in [1.165, 1.54) is 38.1 Å². The summed E-state index contributed by atoms with van der Waals surface area (Å²) >= 11 is 0. The molecule has 0 aliphatic carbocycles. The van der Waals surface area contributed by atoms with Gasteiger partial charge in [0.2, 0.25) is 0 Å². The molecule has 0 radical (unpaired) electrons. The number of nitrogens with zero attached hydrogens (tertiary/aromatic N) is 1. The number of nitro benzene ring substituents is 1. The van der Waals surface area contributed by atoms with Gasteiger partial charge in [0.15, 0.2) is 0 Å². The largest absolute Gasteiger partial charge is 0.427 e. The van der Waals surface area contributed by atoms with Crippen LogP contribution in [0, 0.1) is 17.0 Å². The highest BCUT2D eigenvalue weighted by Gasteiger charge is 2.18. The van der Waals surface area contributed by atoms with Crippen molar-refractivity contribution in [3.63, 3.8) is 0 Å². The number of carbonyl (C=O) groups excluding carboxylic acids is 2. The van der Waals surface area contributed by atoms with E-state index in [1.54, 1.807) is 18.2 Å². The number of hydrogen-bond donors (Lipinski definition) is 1. The van der Waals surface area contributed by atoms with E-state index < -0.39 is 16.8 Å². The maximum atomic E-state index is 12.3. The van der Waals surface area contributed by atoms with E-state index in [1.807, 2.05) is 0 Å². The van der Waals surface area contributed by atoms with E-state index in [2.05, 4.69) is 5.32 Å². The topological polar surface area (TPSA) is 98.5 Å². The quantitative estimate of drug-likeness (QED) is 0.404. The molecular formula is C16H14N2O5. The second kappa shape index (κ2) is 6.69. The summed E-state index contributed by atoms with van der Waals surface area (Å²) < 4.78 is 4.94. The van der Waals surface area contributed by atoms with Gasteiger partial charge in [0.05, 0.1) is 4.92 Å². The number of carbonyl (C=O) groups is 2. The Morgan fingerprint density at radius 2 is 1.87 bits per heavy atom. The fraction of sp³-hybridized carbons (Fsp3) is 0.125. The van der Waals surface area contributed by atoms with Crippen LogP contribution in [0.1, 0.15) is 22.8 Å². The molecule has 0 aliphatic rings. The molecule has 0 atom stereocenters. The number of benzene rings is 2. The Morgan fingerprint density at radius 3 is 2.52 bits per heavy atom. The normalized spacial score (nSPS) is 10.0.